The molecule has 1 atom stereocenters. The fraction of sp³-hybridized carbons (Fsp3) is 0.0526. The number of hydrogen-bond acceptors (Lipinski definition) is 4. The molecule has 0 saturated carbocycles. The van der Waals surface area contributed by atoms with Gasteiger partial charge in [-0.2, -0.15) is 0 Å². The molecule has 3 N–H and O–H groups in total. The lowest BCUT2D eigenvalue weighted by atomic mass is 9.96. The maximum atomic E-state index is 13.5. The third-order valence-electron chi connectivity index (χ3n) is 4.13. The molecule has 25 heavy (non-hydrogen) atoms. The summed E-state index contributed by atoms with van der Waals surface area (Å²) >= 11 is 5.93. The Morgan fingerprint density at radius 3 is 2.76 bits per heavy atom. The first-order valence-electron chi connectivity index (χ1n) is 7.72. The number of nitrogens with two attached hydrogens (primary N) is 1. The van der Waals surface area contributed by atoms with Crippen molar-refractivity contribution in [2.24, 2.45) is 10.7 Å². The molecule has 2 heterocycles. The van der Waals surface area contributed by atoms with Crippen LogP contribution in [-0.2, 0) is 0 Å². The normalized spacial score (nSPS) is 15.6. The number of pyridine rings is 1. The lowest BCUT2D eigenvalue weighted by Crippen LogP contribution is -2.29. The molecule has 0 amide bonds. The monoisotopic (exact) mass is 352 g/mol. The van der Waals surface area contributed by atoms with Crippen LogP contribution in [0.1, 0.15) is 11.7 Å². The first kappa shape index (κ1) is 15.7. The van der Waals surface area contributed by atoms with E-state index >= 15 is 0 Å². The number of aliphatic imine (C=N–C) groups is 1. The van der Waals surface area contributed by atoms with Gasteiger partial charge in [-0.05, 0) is 42.0 Å². The number of benzene rings is 2. The van der Waals surface area contributed by atoms with E-state index in [0.29, 0.717) is 0 Å². The van der Waals surface area contributed by atoms with Crippen molar-refractivity contribution in [1.29, 1.82) is 0 Å². The quantitative estimate of drug-likeness (QED) is 0.717. The van der Waals surface area contributed by atoms with Crippen molar-refractivity contribution in [3.8, 4) is 22.4 Å². The molecule has 0 spiro atoms. The highest BCUT2D eigenvalue weighted by Crippen LogP contribution is 2.35. The van der Waals surface area contributed by atoms with Crippen molar-refractivity contribution in [2.75, 3.05) is 0 Å². The van der Waals surface area contributed by atoms with Crippen LogP contribution in [0.3, 0.4) is 0 Å². The zero-order valence-corrected chi connectivity index (χ0v) is 13.8. The smallest absolute Gasteiger partial charge is 0.141 e. The van der Waals surface area contributed by atoms with E-state index in [1.807, 2.05) is 30.3 Å². The van der Waals surface area contributed by atoms with Gasteiger partial charge >= 0.3 is 0 Å². The molecule has 1 aliphatic heterocycles. The molecule has 1 aliphatic rings. The Balaban J connectivity index is 1.86. The minimum atomic E-state index is -0.452. The molecule has 6 heteroatoms. The molecule has 1 unspecified atom stereocenters. The summed E-state index contributed by atoms with van der Waals surface area (Å²) in [5.41, 5.74) is 11.2. The molecule has 2 aromatic carbocycles. The van der Waals surface area contributed by atoms with E-state index in [9.17, 15) is 4.39 Å². The molecular formula is C19H14ClFN4. The lowest BCUT2D eigenvalue weighted by Gasteiger charge is -2.20. The summed E-state index contributed by atoms with van der Waals surface area (Å²) < 4.78 is 13.5. The zero-order chi connectivity index (χ0) is 17.4. The fourth-order valence-electron chi connectivity index (χ4n) is 2.88. The molecule has 1 aromatic heterocycles. The average Bonchev–Trinajstić information content (AvgIpc) is 2.64. The van der Waals surface area contributed by atoms with Crippen molar-refractivity contribution >= 4 is 23.6 Å². The van der Waals surface area contributed by atoms with Gasteiger partial charge in [0.1, 0.15) is 12.0 Å². The summed E-state index contributed by atoms with van der Waals surface area (Å²) in [4.78, 5) is 8.76. The van der Waals surface area contributed by atoms with Gasteiger partial charge in [-0.15, -0.1) is 0 Å². The molecular weight excluding hydrogens is 339 g/mol. The lowest BCUT2D eigenvalue weighted by molar-refractivity contribution is 0.628. The highest BCUT2D eigenvalue weighted by Gasteiger charge is 2.16. The summed E-state index contributed by atoms with van der Waals surface area (Å²) in [6, 6.07) is 14.3. The third kappa shape index (κ3) is 2.88. The van der Waals surface area contributed by atoms with Crippen LogP contribution >= 0.6 is 11.6 Å². The Bertz CT molecular complexity index is 987. The molecule has 0 aliphatic carbocycles. The maximum Gasteiger partial charge on any atom is 0.141 e. The van der Waals surface area contributed by atoms with Gasteiger partial charge in [-0.1, -0.05) is 23.7 Å². The summed E-state index contributed by atoms with van der Waals surface area (Å²) in [6.45, 7) is 0. The third-order valence-corrected chi connectivity index (χ3v) is 4.42. The van der Waals surface area contributed by atoms with Crippen LogP contribution in [0.4, 0.5) is 10.1 Å². The summed E-state index contributed by atoms with van der Waals surface area (Å²) in [5, 5.41) is 3.06. The Hall–Kier alpha value is -2.76. The first-order valence-corrected chi connectivity index (χ1v) is 8.10. The van der Waals surface area contributed by atoms with Crippen LogP contribution in [0.5, 0.6) is 0 Å². The van der Waals surface area contributed by atoms with Gasteiger partial charge in [0.15, 0.2) is 0 Å². The van der Waals surface area contributed by atoms with Crippen LogP contribution in [0.25, 0.3) is 22.4 Å². The number of aromatic nitrogens is 1. The zero-order valence-electron chi connectivity index (χ0n) is 13.1. The number of nitrogens with zero attached hydrogens (tertiary/aromatic N) is 2. The van der Waals surface area contributed by atoms with Crippen molar-refractivity contribution in [2.45, 2.75) is 6.17 Å². The molecule has 3 aromatic rings. The topological polar surface area (TPSA) is 63.3 Å². The van der Waals surface area contributed by atoms with E-state index in [0.717, 1.165) is 33.6 Å². The number of nitrogens with one attached hydrogen (secondary N) is 1. The molecule has 0 fully saturated rings. The Labute approximate surface area is 149 Å². The number of fused-ring (bicyclic) bond motifs is 1. The first-order chi connectivity index (χ1) is 12.1. The van der Waals surface area contributed by atoms with Gasteiger partial charge < -0.3 is 11.1 Å². The molecule has 124 valence electrons. The van der Waals surface area contributed by atoms with Crippen molar-refractivity contribution in [3.05, 3.63) is 71.1 Å². The van der Waals surface area contributed by atoms with E-state index in [2.05, 4.69) is 15.3 Å². The van der Waals surface area contributed by atoms with Crippen molar-refractivity contribution in [3.63, 3.8) is 0 Å². The summed E-state index contributed by atoms with van der Waals surface area (Å²) in [6.07, 6.45) is 2.99. The molecule has 4 nitrogen and oxygen atoms in total. The second kappa shape index (κ2) is 6.27. The van der Waals surface area contributed by atoms with Gasteiger partial charge in [0, 0.05) is 22.9 Å². The number of rotatable bonds is 2. The van der Waals surface area contributed by atoms with Crippen LogP contribution in [0, 0.1) is 5.82 Å². The SMILES string of the molecule is NC1NC=Nc2ccc(-c3cccnc3-c3ccc(F)c(Cl)c3)cc21. The second-order valence-corrected chi connectivity index (χ2v) is 6.11. The van der Waals surface area contributed by atoms with Crippen molar-refractivity contribution in [1.82, 2.24) is 10.3 Å². The minimum absolute atomic E-state index is 0.0695. The van der Waals surface area contributed by atoms with Gasteiger partial charge in [0.25, 0.3) is 0 Å². The highest BCUT2D eigenvalue weighted by molar-refractivity contribution is 6.31. The van der Waals surface area contributed by atoms with E-state index < -0.39 is 5.82 Å². The minimum Gasteiger partial charge on any atom is -0.357 e. The summed E-state index contributed by atoms with van der Waals surface area (Å²) in [7, 11) is 0. The molecule has 0 bridgehead atoms. The Kier molecular flexibility index (Phi) is 3.95. The maximum absolute atomic E-state index is 13.5. The second-order valence-electron chi connectivity index (χ2n) is 5.70. The largest absolute Gasteiger partial charge is 0.357 e. The van der Waals surface area contributed by atoms with E-state index in [4.69, 9.17) is 17.3 Å². The van der Waals surface area contributed by atoms with Gasteiger partial charge in [-0.25, -0.2) is 9.38 Å². The number of halogens is 2. The summed E-state index contributed by atoms with van der Waals surface area (Å²) in [5.74, 6) is -0.452. The van der Waals surface area contributed by atoms with Gasteiger partial charge in [-0.3, -0.25) is 4.98 Å². The highest BCUT2D eigenvalue weighted by atomic mass is 35.5. The molecule has 0 saturated heterocycles. The van der Waals surface area contributed by atoms with E-state index in [1.165, 1.54) is 6.07 Å². The Morgan fingerprint density at radius 1 is 1.08 bits per heavy atom. The van der Waals surface area contributed by atoms with Gasteiger partial charge in [0.2, 0.25) is 0 Å². The van der Waals surface area contributed by atoms with Crippen molar-refractivity contribution < 1.29 is 4.39 Å². The van der Waals surface area contributed by atoms with E-state index in [-0.39, 0.29) is 11.2 Å². The van der Waals surface area contributed by atoms with Crippen LogP contribution in [0.15, 0.2) is 59.7 Å². The predicted molar refractivity (Wildman–Crippen MR) is 98.3 cm³/mol. The predicted octanol–water partition coefficient (Wildman–Crippen LogP) is 4.43. The fourth-order valence-corrected chi connectivity index (χ4v) is 3.06. The van der Waals surface area contributed by atoms with Gasteiger partial charge in [0.05, 0.1) is 22.7 Å². The molecule has 0 radical (unpaired) electrons. The average molecular weight is 353 g/mol. The van der Waals surface area contributed by atoms with E-state index in [1.54, 1.807) is 24.7 Å². The number of hydrogen-bond donors (Lipinski definition) is 2. The standard InChI is InChI=1S/C19H14ClFN4/c20-15-9-12(3-5-16(15)21)18-13(2-1-7-23-18)11-4-6-17-14(8-11)19(22)25-10-24-17/h1-10,19H,22H2,(H,24,25). The van der Waals surface area contributed by atoms with Crippen LogP contribution in [0.2, 0.25) is 5.02 Å². The van der Waals surface area contributed by atoms with Crippen LogP contribution in [-0.4, -0.2) is 11.3 Å². The molecule has 4 rings (SSSR count). The van der Waals surface area contributed by atoms with Crippen LogP contribution < -0.4 is 11.1 Å². The Morgan fingerprint density at radius 2 is 1.92 bits per heavy atom.